The van der Waals surface area contributed by atoms with Crippen molar-refractivity contribution in [2.45, 2.75) is 25.3 Å². The van der Waals surface area contributed by atoms with E-state index >= 15 is 0 Å². The van der Waals surface area contributed by atoms with Crippen molar-refractivity contribution in [1.82, 2.24) is 14.3 Å². The number of carbonyl (C=O) groups excluding carboxylic acids is 1. The van der Waals surface area contributed by atoms with Gasteiger partial charge in [0.25, 0.3) is 5.91 Å². The summed E-state index contributed by atoms with van der Waals surface area (Å²) in [5, 5.41) is 5.13. The number of hydrogen-bond acceptors (Lipinski definition) is 4. The molecule has 0 aliphatic heterocycles. The molecule has 0 aliphatic rings. The smallest absolute Gasteiger partial charge is 0.255 e. The molecule has 4 rings (SSSR count). The first-order valence-corrected chi connectivity index (χ1v) is 13.9. The van der Waals surface area contributed by atoms with Crippen molar-refractivity contribution >= 4 is 45.3 Å². The Hall–Kier alpha value is -3.43. The lowest BCUT2D eigenvalue weighted by Crippen LogP contribution is -2.39. The average Bonchev–Trinajstić information content (AvgIpc) is 3.16. The second-order valence-corrected chi connectivity index (χ2v) is 11.5. The predicted molar refractivity (Wildman–Crippen MR) is 151 cm³/mol. The topological polar surface area (TPSA) is 83.8 Å². The SMILES string of the molecule is Cc1cc(/C=N/NC(=O)CN(Cc2ccccc2)S(=O)(=O)c2ccccc2)c(C)n1-c1cc(Cl)cc(Cl)c1. The number of aryl methyl sites for hydroxylation is 1. The van der Waals surface area contributed by atoms with Crippen LogP contribution in [0.2, 0.25) is 10.0 Å². The Morgan fingerprint density at radius 3 is 2.18 bits per heavy atom. The number of hydrogen-bond donors (Lipinski definition) is 1. The van der Waals surface area contributed by atoms with Gasteiger partial charge in [-0.15, -0.1) is 0 Å². The van der Waals surface area contributed by atoms with Gasteiger partial charge in [0.05, 0.1) is 17.7 Å². The molecule has 196 valence electrons. The molecule has 0 saturated heterocycles. The number of amides is 1. The lowest BCUT2D eigenvalue weighted by atomic mass is 10.2. The highest BCUT2D eigenvalue weighted by atomic mass is 35.5. The summed E-state index contributed by atoms with van der Waals surface area (Å²) in [5.74, 6) is -0.563. The number of hydrazone groups is 1. The summed E-state index contributed by atoms with van der Waals surface area (Å²) in [7, 11) is -3.92. The van der Waals surface area contributed by atoms with E-state index in [0.717, 1.165) is 32.5 Å². The van der Waals surface area contributed by atoms with Crippen molar-refractivity contribution in [3.63, 3.8) is 0 Å². The molecule has 0 aliphatic carbocycles. The maximum absolute atomic E-state index is 13.3. The molecule has 0 atom stereocenters. The summed E-state index contributed by atoms with van der Waals surface area (Å²) in [6, 6.07) is 24.4. The molecule has 0 unspecified atom stereocenters. The normalized spacial score (nSPS) is 11.8. The molecule has 1 N–H and O–H groups in total. The Morgan fingerprint density at radius 1 is 0.947 bits per heavy atom. The predicted octanol–water partition coefficient (Wildman–Crippen LogP) is 5.74. The van der Waals surface area contributed by atoms with Gasteiger partial charge in [-0.05, 0) is 55.8 Å². The Bertz CT molecular complexity index is 1550. The molecule has 3 aromatic carbocycles. The minimum Gasteiger partial charge on any atom is -0.318 e. The molecule has 38 heavy (non-hydrogen) atoms. The van der Waals surface area contributed by atoms with Crippen LogP contribution >= 0.6 is 23.2 Å². The Morgan fingerprint density at radius 2 is 1.55 bits per heavy atom. The molecule has 0 radical (unpaired) electrons. The van der Waals surface area contributed by atoms with Gasteiger partial charge in [-0.1, -0.05) is 71.7 Å². The van der Waals surface area contributed by atoms with E-state index in [9.17, 15) is 13.2 Å². The van der Waals surface area contributed by atoms with E-state index in [2.05, 4.69) is 10.5 Å². The molecule has 0 saturated carbocycles. The number of benzene rings is 3. The van der Waals surface area contributed by atoms with Gasteiger partial charge in [-0.25, -0.2) is 13.8 Å². The van der Waals surface area contributed by atoms with Gasteiger partial charge in [0.1, 0.15) is 0 Å². The number of nitrogens with one attached hydrogen (secondary N) is 1. The molecule has 1 amide bonds. The molecule has 0 bridgehead atoms. The molecule has 4 aromatic rings. The van der Waals surface area contributed by atoms with E-state index in [0.29, 0.717) is 10.0 Å². The van der Waals surface area contributed by atoms with E-state index in [4.69, 9.17) is 23.2 Å². The van der Waals surface area contributed by atoms with Gasteiger partial charge in [-0.3, -0.25) is 4.79 Å². The van der Waals surface area contributed by atoms with Crippen LogP contribution in [0.5, 0.6) is 0 Å². The lowest BCUT2D eigenvalue weighted by molar-refractivity contribution is -0.121. The fourth-order valence-corrected chi connectivity index (χ4v) is 6.03. The monoisotopic (exact) mass is 568 g/mol. The zero-order valence-electron chi connectivity index (χ0n) is 20.8. The van der Waals surface area contributed by atoms with Crippen LogP contribution < -0.4 is 5.43 Å². The molecule has 10 heteroatoms. The van der Waals surface area contributed by atoms with Crippen LogP contribution in [-0.4, -0.2) is 36.0 Å². The number of halogens is 2. The maximum atomic E-state index is 13.3. The molecule has 1 aromatic heterocycles. The van der Waals surface area contributed by atoms with E-state index < -0.39 is 22.5 Å². The first kappa shape index (κ1) is 27.6. The summed E-state index contributed by atoms with van der Waals surface area (Å²) >= 11 is 12.4. The van der Waals surface area contributed by atoms with Crippen molar-refractivity contribution in [2.24, 2.45) is 5.10 Å². The Labute approximate surface area is 232 Å². The summed E-state index contributed by atoms with van der Waals surface area (Å²) in [6.07, 6.45) is 1.52. The third kappa shape index (κ3) is 6.52. The quantitative estimate of drug-likeness (QED) is 0.206. The van der Waals surface area contributed by atoms with Gasteiger partial charge in [0.2, 0.25) is 10.0 Å². The second kappa shape index (κ2) is 12.0. The van der Waals surface area contributed by atoms with Crippen molar-refractivity contribution in [2.75, 3.05) is 6.54 Å². The van der Waals surface area contributed by atoms with Gasteiger partial charge in [0, 0.05) is 39.2 Å². The van der Waals surface area contributed by atoms with Crippen LogP contribution in [0, 0.1) is 13.8 Å². The van der Waals surface area contributed by atoms with Crippen LogP contribution in [0.1, 0.15) is 22.5 Å². The fraction of sp³-hybridized carbons (Fsp3) is 0.143. The Balaban J connectivity index is 1.51. The first-order chi connectivity index (χ1) is 18.1. The van der Waals surface area contributed by atoms with Gasteiger partial charge < -0.3 is 4.57 Å². The fourth-order valence-electron chi connectivity index (χ4n) is 4.11. The minimum absolute atomic E-state index is 0.0402. The Kier molecular flexibility index (Phi) is 8.69. The van der Waals surface area contributed by atoms with Gasteiger partial charge in [-0.2, -0.15) is 9.41 Å². The van der Waals surface area contributed by atoms with Crippen molar-refractivity contribution < 1.29 is 13.2 Å². The highest BCUT2D eigenvalue weighted by Gasteiger charge is 2.26. The van der Waals surface area contributed by atoms with Gasteiger partial charge in [0.15, 0.2) is 0 Å². The van der Waals surface area contributed by atoms with Crippen LogP contribution in [0.15, 0.2) is 94.9 Å². The van der Waals surface area contributed by atoms with Crippen molar-refractivity contribution in [3.05, 3.63) is 117 Å². The summed E-state index contributed by atoms with van der Waals surface area (Å²) in [4.78, 5) is 12.9. The van der Waals surface area contributed by atoms with Crippen LogP contribution in [0.4, 0.5) is 0 Å². The molecule has 0 fully saturated rings. The highest BCUT2D eigenvalue weighted by Crippen LogP contribution is 2.26. The van der Waals surface area contributed by atoms with Crippen LogP contribution in [0.25, 0.3) is 5.69 Å². The number of aromatic nitrogens is 1. The zero-order valence-corrected chi connectivity index (χ0v) is 23.1. The summed E-state index contributed by atoms with van der Waals surface area (Å²) in [5.41, 5.74) is 6.60. The number of sulfonamides is 1. The minimum atomic E-state index is -3.92. The average molecular weight is 570 g/mol. The number of nitrogens with zero attached hydrogens (tertiary/aromatic N) is 3. The first-order valence-electron chi connectivity index (χ1n) is 11.7. The third-order valence-electron chi connectivity index (χ3n) is 5.87. The second-order valence-electron chi connectivity index (χ2n) is 8.65. The van der Waals surface area contributed by atoms with E-state index in [1.165, 1.54) is 18.3 Å². The molecule has 7 nitrogen and oxygen atoms in total. The highest BCUT2D eigenvalue weighted by molar-refractivity contribution is 7.89. The van der Waals surface area contributed by atoms with Gasteiger partial charge >= 0.3 is 0 Å². The summed E-state index contributed by atoms with van der Waals surface area (Å²) < 4.78 is 29.8. The van der Waals surface area contributed by atoms with E-state index in [1.807, 2.05) is 66.9 Å². The summed E-state index contributed by atoms with van der Waals surface area (Å²) in [6.45, 7) is 3.49. The molecule has 0 spiro atoms. The largest absolute Gasteiger partial charge is 0.318 e. The van der Waals surface area contributed by atoms with Crippen molar-refractivity contribution in [1.29, 1.82) is 0 Å². The lowest BCUT2D eigenvalue weighted by Gasteiger charge is -2.21. The van der Waals surface area contributed by atoms with Crippen LogP contribution in [-0.2, 0) is 21.4 Å². The maximum Gasteiger partial charge on any atom is 0.255 e. The standard InChI is InChI=1S/C28H26Cl2N4O3S/c1-20-13-23(21(2)34(20)26-15-24(29)14-25(30)16-26)17-31-32-28(35)19-33(18-22-9-5-3-6-10-22)38(36,37)27-11-7-4-8-12-27/h3-17H,18-19H2,1-2H3,(H,32,35)/b31-17+. The number of rotatable bonds is 9. The van der Waals surface area contributed by atoms with Crippen LogP contribution in [0.3, 0.4) is 0 Å². The molecule has 1 heterocycles. The zero-order chi connectivity index (χ0) is 27.3. The number of carbonyl (C=O) groups is 1. The third-order valence-corrected chi connectivity index (χ3v) is 8.11. The van der Waals surface area contributed by atoms with E-state index in [-0.39, 0.29) is 11.4 Å². The molecular weight excluding hydrogens is 543 g/mol. The van der Waals surface area contributed by atoms with E-state index in [1.54, 1.807) is 24.3 Å². The molecular formula is C28H26Cl2N4O3S. The van der Waals surface area contributed by atoms with Crippen molar-refractivity contribution in [3.8, 4) is 5.69 Å².